The fourth-order valence-electron chi connectivity index (χ4n) is 1.42. The molecule has 0 unspecified atom stereocenters. The maximum absolute atomic E-state index is 11.9. The van der Waals surface area contributed by atoms with E-state index in [0.29, 0.717) is 0 Å². The van der Waals surface area contributed by atoms with E-state index in [-0.39, 0.29) is 22.0 Å². The third-order valence-electron chi connectivity index (χ3n) is 2.28. The third kappa shape index (κ3) is 2.86. The SMILES string of the molecule is O=C(Nc1c(Cl)cccc1C(=O)O)c1cnccn1. The Balaban J connectivity index is 2.34. The van der Waals surface area contributed by atoms with Gasteiger partial charge in [0.1, 0.15) is 5.69 Å². The second kappa shape index (κ2) is 5.45. The second-order valence-corrected chi connectivity index (χ2v) is 3.92. The molecule has 0 saturated carbocycles. The zero-order valence-electron chi connectivity index (χ0n) is 9.50. The Hall–Kier alpha value is -2.47. The quantitative estimate of drug-likeness (QED) is 0.896. The van der Waals surface area contributed by atoms with E-state index in [2.05, 4.69) is 15.3 Å². The first-order chi connectivity index (χ1) is 9.09. The molecule has 7 heteroatoms. The van der Waals surface area contributed by atoms with Crippen LogP contribution in [0.2, 0.25) is 5.02 Å². The van der Waals surface area contributed by atoms with Gasteiger partial charge >= 0.3 is 5.97 Å². The molecule has 0 radical (unpaired) electrons. The van der Waals surface area contributed by atoms with Crippen LogP contribution in [0.25, 0.3) is 0 Å². The zero-order chi connectivity index (χ0) is 13.8. The summed E-state index contributed by atoms with van der Waals surface area (Å²) in [6, 6.07) is 4.32. The average Bonchev–Trinajstić information content (AvgIpc) is 2.41. The Kier molecular flexibility index (Phi) is 3.72. The summed E-state index contributed by atoms with van der Waals surface area (Å²) in [5.74, 6) is -1.76. The predicted molar refractivity (Wildman–Crippen MR) is 68.4 cm³/mol. The molecule has 2 aromatic rings. The van der Waals surface area contributed by atoms with Crippen molar-refractivity contribution in [1.82, 2.24) is 9.97 Å². The van der Waals surface area contributed by atoms with Gasteiger partial charge in [-0.2, -0.15) is 0 Å². The Labute approximate surface area is 113 Å². The molecule has 2 N–H and O–H groups in total. The Morgan fingerprint density at radius 1 is 1.26 bits per heavy atom. The van der Waals surface area contributed by atoms with Crippen LogP contribution < -0.4 is 5.32 Å². The smallest absolute Gasteiger partial charge is 0.337 e. The minimum absolute atomic E-state index is 0.0346. The number of nitrogens with zero attached hydrogens (tertiary/aromatic N) is 2. The number of aromatic nitrogens is 2. The first-order valence-electron chi connectivity index (χ1n) is 5.19. The summed E-state index contributed by atoms with van der Waals surface area (Å²) in [5.41, 5.74) is 0.0100. The number of para-hydroxylation sites is 1. The van der Waals surface area contributed by atoms with Crippen LogP contribution in [0.4, 0.5) is 5.69 Å². The van der Waals surface area contributed by atoms with Gasteiger partial charge in [0, 0.05) is 12.4 Å². The van der Waals surface area contributed by atoms with Gasteiger partial charge in [0.15, 0.2) is 0 Å². The number of hydrogen-bond donors (Lipinski definition) is 2. The maximum Gasteiger partial charge on any atom is 0.337 e. The lowest BCUT2D eigenvalue weighted by Crippen LogP contribution is -2.16. The molecule has 0 fully saturated rings. The summed E-state index contributed by atoms with van der Waals surface area (Å²) >= 11 is 5.89. The highest BCUT2D eigenvalue weighted by Gasteiger charge is 2.16. The molecule has 96 valence electrons. The van der Waals surface area contributed by atoms with E-state index in [1.807, 2.05) is 0 Å². The molecule has 0 aliphatic heterocycles. The molecule has 2 rings (SSSR count). The standard InChI is InChI=1S/C12H8ClN3O3/c13-8-3-1-2-7(12(18)19)10(8)16-11(17)9-6-14-4-5-15-9/h1-6H,(H,16,17)(H,18,19). The Morgan fingerprint density at radius 3 is 2.68 bits per heavy atom. The van der Waals surface area contributed by atoms with Crippen LogP contribution in [0.5, 0.6) is 0 Å². The van der Waals surface area contributed by atoms with Crippen molar-refractivity contribution in [3.05, 3.63) is 53.1 Å². The predicted octanol–water partition coefficient (Wildman–Crippen LogP) is 2.08. The van der Waals surface area contributed by atoms with Crippen molar-refractivity contribution in [3.8, 4) is 0 Å². The molecule has 0 aliphatic carbocycles. The van der Waals surface area contributed by atoms with Crippen molar-refractivity contribution < 1.29 is 14.7 Å². The molecular weight excluding hydrogens is 270 g/mol. The van der Waals surface area contributed by atoms with Gasteiger partial charge in [0.25, 0.3) is 5.91 Å². The number of carbonyl (C=O) groups is 2. The maximum atomic E-state index is 11.9. The summed E-state index contributed by atoms with van der Waals surface area (Å²) in [6.45, 7) is 0. The van der Waals surface area contributed by atoms with Gasteiger partial charge in [-0.25, -0.2) is 9.78 Å². The van der Waals surface area contributed by atoms with Crippen molar-refractivity contribution in [2.24, 2.45) is 0 Å². The number of hydrogen-bond acceptors (Lipinski definition) is 4. The lowest BCUT2D eigenvalue weighted by Gasteiger charge is -2.09. The molecule has 1 amide bonds. The topological polar surface area (TPSA) is 92.2 Å². The van der Waals surface area contributed by atoms with Crippen LogP contribution in [0.1, 0.15) is 20.8 Å². The number of halogens is 1. The minimum atomic E-state index is -1.18. The van der Waals surface area contributed by atoms with Crippen LogP contribution in [-0.4, -0.2) is 27.0 Å². The number of rotatable bonds is 3. The summed E-state index contributed by atoms with van der Waals surface area (Å²) in [4.78, 5) is 30.5. The van der Waals surface area contributed by atoms with E-state index >= 15 is 0 Å². The number of benzene rings is 1. The van der Waals surface area contributed by atoms with E-state index in [0.717, 1.165) is 0 Å². The Morgan fingerprint density at radius 2 is 2.05 bits per heavy atom. The first-order valence-corrected chi connectivity index (χ1v) is 5.56. The van der Waals surface area contributed by atoms with Crippen LogP contribution in [0.15, 0.2) is 36.8 Å². The first kappa shape index (κ1) is 13.0. The molecule has 0 saturated heterocycles. The van der Waals surface area contributed by atoms with Crippen molar-refractivity contribution in [2.75, 3.05) is 5.32 Å². The molecular formula is C12H8ClN3O3. The fraction of sp³-hybridized carbons (Fsp3) is 0. The molecule has 1 aromatic heterocycles. The molecule has 6 nitrogen and oxygen atoms in total. The van der Waals surface area contributed by atoms with Crippen LogP contribution in [0, 0.1) is 0 Å². The molecule has 1 heterocycles. The van der Waals surface area contributed by atoms with Crippen molar-refractivity contribution in [2.45, 2.75) is 0 Å². The fourth-order valence-corrected chi connectivity index (χ4v) is 1.65. The van der Waals surface area contributed by atoms with Gasteiger partial charge in [0.05, 0.1) is 22.5 Å². The van der Waals surface area contributed by atoms with E-state index in [1.165, 1.54) is 36.8 Å². The van der Waals surface area contributed by atoms with Crippen molar-refractivity contribution >= 4 is 29.2 Å². The third-order valence-corrected chi connectivity index (χ3v) is 2.59. The molecule has 19 heavy (non-hydrogen) atoms. The molecule has 1 aromatic carbocycles. The van der Waals surface area contributed by atoms with E-state index in [4.69, 9.17) is 16.7 Å². The molecule has 0 atom stereocenters. The number of carboxylic acids is 1. The average molecular weight is 278 g/mol. The highest BCUT2D eigenvalue weighted by molar-refractivity contribution is 6.34. The van der Waals surface area contributed by atoms with Gasteiger partial charge in [-0.15, -0.1) is 0 Å². The molecule has 0 spiro atoms. The van der Waals surface area contributed by atoms with Crippen molar-refractivity contribution in [1.29, 1.82) is 0 Å². The highest BCUT2D eigenvalue weighted by atomic mass is 35.5. The van der Waals surface area contributed by atoms with Crippen LogP contribution >= 0.6 is 11.6 Å². The lowest BCUT2D eigenvalue weighted by molar-refractivity contribution is 0.0698. The largest absolute Gasteiger partial charge is 0.478 e. The van der Waals surface area contributed by atoms with E-state index in [1.54, 1.807) is 0 Å². The normalized spacial score (nSPS) is 9.95. The number of carboxylic acid groups (broad SMARTS) is 1. The Bertz CT molecular complexity index is 631. The monoisotopic (exact) mass is 277 g/mol. The number of nitrogens with one attached hydrogen (secondary N) is 1. The zero-order valence-corrected chi connectivity index (χ0v) is 10.3. The van der Waals surface area contributed by atoms with Gasteiger partial charge in [0.2, 0.25) is 0 Å². The number of anilines is 1. The summed E-state index contributed by atoms with van der Waals surface area (Å²) in [6.07, 6.45) is 4.06. The molecule has 0 bridgehead atoms. The van der Waals surface area contributed by atoms with Gasteiger partial charge in [-0.1, -0.05) is 17.7 Å². The van der Waals surface area contributed by atoms with Crippen molar-refractivity contribution in [3.63, 3.8) is 0 Å². The summed E-state index contributed by atoms with van der Waals surface area (Å²) in [5, 5.41) is 11.6. The summed E-state index contributed by atoms with van der Waals surface area (Å²) < 4.78 is 0. The second-order valence-electron chi connectivity index (χ2n) is 3.51. The van der Waals surface area contributed by atoms with Gasteiger partial charge in [-0.05, 0) is 12.1 Å². The number of carbonyl (C=O) groups excluding carboxylic acids is 1. The minimum Gasteiger partial charge on any atom is -0.478 e. The van der Waals surface area contributed by atoms with E-state index in [9.17, 15) is 9.59 Å². The highest BCUT2D eigenvalue weighted by Crippen LogP contribution is 2.26. The van der Waals surface area contributed by atoms with Crippen LogP contribution in [0.3, 0.4) is 0 Å². The summed E-state index contributed by atoms with van der Waals surface area (Å²) in [7, 11) is 0. The lowest BCUT2D eigenvalue weighted by atomic mass is 10.1. The van der Waals surface area contributed by atoms with E-state index < -0.39 is 11.9 Å². The number of aromatic carboxylic acids is 1. The van der Waals surface area contributed by atoms with Gasteiger partial charge in [-0.3, -0.25) is 9.78 Å². The molecule has 0 aliphatic rings. The van der Waals surface area contributed by atoms with Gasteiger partial charge < -0.3 is 10.4 Å². The van der Waals surface area contributed by atoms with Crippen LogP contribution in [-0.2, 0) is 0 Å². The number of amides is 1.